The molecule has 2 aromatic rings. The van der Waals surface area contributed by atoms with Gasteiger partial charge in [-0.15, -0.1) is 0 Å². The average molecular weight is 316 g/mol. The maximum atomic E-state index is 5.33. The average Bonchev–Trinajstić information content (AvgIpc) is 3.03. The number of aromatic nitrogens is 2. The van der Waals surface area contributed by atoms with Gasteiger partial charge in [-0.05, 0) is 18.6 Å². The second-order valence-electron chi connectivity index (χ2n) is 5.82. The first kappa shape index (κ1) is 15.8. The summed E-state index contributed by atoms with van der Waals surface area (Å²) < 4.78 is 10.6. The molecule has 1 saturated heterocycles. The van der Waals surface area contributed by atoms with Crippen molar-refractivity contribution in [3.63, 3.8) is 0 Å². The second kappa shape index (κ2) is 7.46. The van der Waals surface area contributed by atoms with Crippen molar-refractivity contribution in [2.24, 2.45) is 0 Å². The van der Waals surface area contributed by atoms with Crippen molar-refractivity contribution < 1.29 is 9.26 Å². The lowest BCUT2D eigenvalue weighted by molar-refractivity contribution is 0.215. The van der Waals surface area contributed by atoms with E-state index in [1.54, 1.807) is 7.11 Å². The van der Waals surface area contributed by atoms with Crippen LogP contribution in [0.4, 0.5) is 5.69 Å². The lowest BCUT2D eigenvalue weighted by atomic mass is 10.2. The quantitative estimate of drug-likeness (QED) is 0.815. The summed E-state index contributed by atoms with van der Waals surface area (Å²) in [5, 5.41) is 4.02. The van der Waals surface area contributed by atoms with Crippen molar-refractivity contribution in [1.29, 1.82) is 0 Å². The van der Waals surface area contributed by atoms with Crippen molar-refractivity contribution in [2.45, 2.75) is 26.3 Å². The number of anilines is 1. The minimum Gasteiger partial charge on any atom is -0.497 e. The van der Waals surface area contributed by atoms with Gasteiger partial charge in [0.1, 0.15) is 5.75 Å². The maximum Gasteiger partial charge on any atom is 0.240 e. The van der Waals surface area contributed by atoms with Crippen LogP contribution in [0.25, 0.3) is 0 Å². The molecule has 124 valence electrons. The highest BCUT2D eigenvalue weighted by molar-refractivity contribution is 5.51. The zero-order valence-electron chi connectivity index (χ0n) is 13.9. The van der Waals surface area contributed by atoms with Crippen LogP contribution in [-0.4, -0.2) is 48.3 Å². The number of hydrogen-bond acceptors (Lipinski definition) is 6. The molecule has 6 nitrogen and oxygen atoms in total. The van der Waals surface area contributed by atoms with Gasteiger partial charge < -0.3 is 14.2 Å². The van der Waals surface area contributed by atoms with Crippen LogP contribution in [0.1, 0.15) is 25.1 Å². The Labute approximate surface area is 137 Å². The Hall–Kier alpha value is -2.08. The molecular formula is C17H24N4O2. The fourth-order valence-corrected chi connectivity index (χ4v) is 2.84. The molecule has 0 amide bonds. The second-order valence-corrected chi connectivity index (χ2v) is 5.82. The number of piperazine rings is 1. The number of aryl methyl sites for hydroxylation is 1. The smallest absolute Gasteiger partial charge is 0.240 e. The first-order chi connectivity index (χ1) is 11.3. The molecule has 0 radical (unpaired) electrons. The van der Waals surface area contributed by atoms with E-state index in [1.165, 1.54) is 5.69 Å². The van der Waals surface area contributed by atoms with E-state index in [-0.39, 0.29) is 0 Å². The van der Waals surface area contributed by atoms with Crippen LogP contribution in [0.15, 0.2) is 28.8 Å². The normalized spacial score (nSPS) is 15.8. The molecule has 1 aromatic carbocycles. The van der Waals surface area contributed by atoms with Crippen LogP contribution in [0.3, 0.4) is 0 Å². The molecule has 0 aliphatic carbocycles. The summed E-state index contributed by atoms with van der Waals surface area (Å²) in [5.74, 6) is 2.44. The van der Waals surface area contributed by atoms with E-state index in [0.717, 1.165) is 63.0 Å². The fraction of sp³-hybridized carbons (Fsp3) is 0.529. The van der Waals surface area contributed by atoms with Crippen LogP contribution in [-0.2, 0) is 13.0 Å². The van der Waals surface area contributed by atoms with E-state index in [4.69, 9.17) is 9.26 Å². The molecule has 1 fully saturated rings. The standard InChI is InChI=1S/C17H24N4O2/c1-3-5-16-18-17(23-19-16)13-20-8-10-21(11-9-20)14-6-4-7-15(12-14)22-2/h4,6-7,12H,3,5,8-11,13H2,1-2H3. The number of rotatable bonds is 6. The highest BCUT2D eigenvalue weighted by atomic mass is 16.5. The Bertz CT molecular complexity index is 621. The van der Waals surface area contributed by atoms with Gasteiger partial charge in [0.25, 0.3) is 0 Å². The summed E-state index contributed by atoms with van der Waals surface area (Å²) in [6.45, 7) is 6.81. The van der Waals surface area contributed by atoms with Crippen LogP contribution < -0.4 is 9.64 Å². The SMILES string of the molecule is CCCc1noc(CN2CCN(c3cccc(OC)c3)CC2)n1. The van der Waals surface area contributed by atoms with Gasteiger partial charge >= 0.3 is 0 Å². The minimum atomic E-state index is 0.725. The summed E-state index contributed by atoms with van der Waals surface area (Å²) in [4.78, 5) is 9.19. The zero-order valence-corrected chi connectivity index (χ0v) is 13.9. The highest BCUT2D eigenvalue weighted by Gasteiger charge is 2.19. The molecule has 0 bridgehead atoms. The molecule has 6 heteroatoms. The Balaban J connectivity index is 1.53. The Morgan fingerprint density at radius 2 is 2.04 bits per heavy atom. The number of nitrogens with zero attached hydrogens (tertiary/aromatic N) is 4. The summed E-state index contributed by atoms with van der Waals surface area (Å²) >= 11 is 0. The topological polar surface area (TPSA) is 54.6 Å². The number of ether oxygens (including phenoxy) is 1. The van der Waals surface area contributed by atoms with Crippen molar-refractivity contribution in [3.8, 4) is 5.75 Å². The first-order valence-corrected chi connectivity index (χ1v) is 8.21. The first-order valence-electron chi connectivity index (χ1n) is 8.21. The van der Waals surface area contributed by atoms with Gasteiger partial charge in [0.05, 0.1) is 13.7 Å². The number of hydrogen-bond donors (Lipinski definition) is 0. The van der Waals surface area contributed by atoms with E-state index in [1.807, 2.05) is 12.1 Å². The summed E-state index contributed by atoms with van der Waals surface area (Å²) in [7, 11) is 1.70. The molecule has 1 aliphatic heterocycles. The molecule has 2 heterocycles. The lowest BCUT2D eigenvalue weighted by Gasteiger charge is -2.35. The van der Waals surface area contributed by atoms with E-state index in [2.05, 4.69) is 39.0 Å². The lowest BCUT2D eigenvalue weighted by Crippen LogP contribution is -2.46. The molecule has 0 unspecified atom stereocenters. The minimum absolute atomic E-state index is 0.725. The zero-order chi connectivity index (χ0) is 16.1. The van der Waals surface area contributed by atoms with Gasteiger partial charge in [0, 0.05) is 44.4 Å². The summed E-state index contributed by atoms with van der Waals surface area (Å²) in [6.07, 6.45) is 1.92. The van der Waals surface area contributed by atoms with E-state index in [9.17, 15) is 0 Å². The van der Waals surface area contributed by atoms with Crippen molar-refractivity contribution in [2.75, 3.05) is 38.2 Å². The summed E-state index contributed by atoms with van der Waals surface area (Å²) in [5.41, 5.74) is 1.21. The summed E-state index contributed by atoms with van der Waals surface area (Å²) in [6, 6.07) is 8.23. The Morgan fingerprint density at radius 3 is 2.78 bits per heavy atom. The van der Waals surface area contributed by atoms with E-state index < -0.39 is 0 Å². The fourth-order valence-electron chi connectivity index (χ4n) is 2.84. The van der Waals surface area contributed by atoms with Gasteiger partial charge in [0.15, 0.2) is 5.82 Å². The monoisotopic (exact) mass is 316 g/mol. The van der Waals surface area contributed by atoms with Crippen LogP contribution >= 0.6 is 0 Å². The van der Waals surface area contributed by atoms with Gasteiger partial charge in [-0.1, -0.05) is 18.1 Å². The Morgan fingerprint density at radius 1 is 1.22 bits per heavy atom. The largest absolute Gasteiger partial charge is 0.497 e. The molecule has 23 heavy (non-hydrogen) atoms. The van der Waals surface area contributed by atoms with Crippen molar-refractivity contribution in [1.82, 2.24) is 15.0 Å². The maximum absolute atomic E-state index is 5.33. The third-order valence-electron chi connectivity index (χ3n) is 4.13. The molecule has 0 atom stereocenters. The highest BCUT2D eigenvalue weighted by Crippen LogP contribution is 2.22. The number of methoxy groups -OCH3 is 1. The van der Waals surface area contributed by atoms with E-state index in [0.29, 0.717) is 0 Å². The van der Waals surface area contributed by atoms with Gasteiger partial charge in [-0.2, -0.15) is 4.98 Å². The van der Waals surface area contributed by atoms with Gasteiger partial charge in [-0.25, -0.2) is 0 Å². The Kier molecular flexibility index (Phi) is 5.12. The third-order valence-corrected chi connectivity index (χ3v) is 4.13. The molecule has 0 saturated carbocycles. The van der Waals surface area contributed by atoms with Crippen molar-refractivity contribution >= 4 is 5.69 Å². The predicted octanol–water partition coefficient (Wildman–Crippen LogP) is 2.35. The molecule has 1 aromatic heterocycles. The van der Waals surface area contributed by atoms with E-state index >= 15 is 0 Å². The van der Waals surface area contributed by atoms with Gasteiger partial charge in [-0.3, -0.25) is 4.90 Å². The van der Waals surface area contributed by atoms with Crippen LogP contribution in [0, 0.1) is 0 Å². The van der Waals surface area contributed by atoms with Crippen molar-refractivity contribution in [3.05, 3.63) is 36.0 Å². The van der Waals surface area contributed by atoms with Gasteiger partial charge in [0.2, 0.25) is 5.89 Å². The predicted molar refractivity (Wildman–Crippen MR) is 88.8 cm³/mol. The number of benzene rings is 1. The molecule has 3 rings (SSSR count). The van der Waals surface area contributed by atoms with Crippen LogP contribution in [0.2, 0.25) is 0 Å². The molecule has 0 N–H and O–H groups in total. The molecular weight excluding hydrogens is 292 g/mol. The molecule has 0 spiro atoms. The van der Waals surface area contributed by atoms with Crippen LogP contribution in [0.5, 0.6) is 5.75 Å². The third kappa shape index (κ3) is 4.01. The molecule has 1 aliphatic rings.